The van der Waals surface area contributed by atoms with Gasteiger partial charge in [0.25, 0.3) is 22.6 Å². The van der Waals surface area contributed by atoms with Crippen molar-refractivity contribution in [1.82, 2.24) is 57.6 Å². The van der Waals surface area contributed by atoms with Gasteiger partial charge in [-0.15, -0.1) is 25.8 Å². The first-order valence-corrected chi connectivity index (χ1v) is 29.9. The fraction of sp³-hybridized carbons (Fsp3) is 0.517. The number of aliphatic hydroxyl groups excluding tert-OH is 10. The topological polar surface area (TPSA) is 642 Å². The van der Waals surface area contributed by atoms with Crippen molar-refractivity contribution in [2.45, 2.75) is 117 Å². The molecule has 0 amide bonds. The average molecular weight is 1440 g/mol. The van der Waals surface area contributed by atoms with Gasteiger partial charge in [-0.25, -0.2) is 32.8 Å². The first-order chi connectivity index (χ1) is 48.3. The molecule has 41 nitrogen and oxygen atoms in total. The summed E-state index contributed by atoms with van der Waals surface area (Å²) in [4.78, 5) is 101. The Balaban J connectivity index is 0.000000201. The number of anilines is 3. The standard InChI is InChI=1S/C12H13F2N3O4.C12H14FN3O4.C12H15N3O4.C11H15N5O5.C11H13N5O5/c1-2-12(5-18)8(19)7(9(13)14)10(21-12)17-4-3-6(15)16-11(17)20;1-2-12(6-17)9(18)7(5-13)10(20-12)16-4-3-8(14)15-11(16)19;1-3-12(6-16)9(17)7(2)10(19-12)15-5-4-8(13)14-11(15)18;2*1-2-6-8(19)11(5-17,14-15-12)21-9(6)16-4-3-7(18)13-10(16)20/h1,3-4,7-10,18-19H,5H2,(H2,15,16,20);1,3-4,7,9-10,17-18H,5-6H2,(H2,14,15,19);1,4-5,7,9-10,16-17H,6H2,2H3,(H2,13,14,18);3-4,6,8-9,12,17,19H,2,5H2,1H3;2-4,6,8-9,12,17,19H,1,5H2/p+2/t7-,8+,10-,12-;2*7-,9-,10+,12+;2*6-,8-,9+,11+/m10000/s1. The SMILES string of the molecule is C#C[C@]1(CO)O[C@@H](n2ccc(N)nc2=O)[C@@H](C(F)F)[C@@H]1O.C#C[C@]1(CO)O[C@@H](n2ccc(N)nc2=O)[C@@H](C)[C@@H]1O.C#C[C@]1(CO)O[C@@H](n2ccc(N)nc2=O)[C@@H](CF)[C@@H]1O.C=C[C@@H]1[C@H](n2ccc(=O)[nH]c2=O)O[C@@](CO)(N=[N+]=N)[C@H]1O.CC[C@@H]1[C@H](n2ccc(=O)[nH]c2=O)O[C@@](CO)(N=[N+]=N)[C@H]1O. The van der Waals surface area contributed by atoms with E-state index in [1.54, 1.807) is 13.8 Å². The van der Waals surface area contributed by atoms with Crippen LogP contribution in [0.25, 0.3) is 0 Å². The molecular formula is C58H72F3N19O22+2. The molecule has 20 atom stereocenters. The Kier molecular flexibility index (Phi) is 26.4. The van der Waals surface area contributed by atoms with Gasteiger partial charge in [0.1, 0.15) is 90.9 Å². The maximum absolute atomic E-state index is 13.2. The third-order valence-electron chi connectivity index (χ3n) is 17.0. The molecule has 0 spiro atoms. The van der Waals surface area contributed by atoms with Crippen LogP contribution < -0.4 is 66.6 Å². The molecule has 44 heteroatoms. The van der Waals surface area contributed by atoms with Crippen molar-refractivity contribution in [3.63, 3.8) is 0 Å². The average Bonchev–Trinajstić information content (AvgIpc) is 1.64. The lowest BCUT2D eigenvalue weighted by molar-refractivity contribution is -0.128. The van der Waals surface area contributed by atoms with Crippen LogP contribution in [0.3, 0.4) is 0 Å². The Bertz CT molecular complexity index is 4490. The molecule has 5 aromatic rings. The maximum Gasteiger partial charge on any atom is 0.351 e. The number of nitrogens with zero attached hydrogens (tertiary/aromatic N) is 12. The summed E-state index contributed by atoms with van der Waals surface area (Å²) in [7, 11) is 0. The molecule has 5 aliphatic rings. The molecule has 10 heterocycles. The van der Waals surface area contributed by atoms with Crippen LogP contribution in [0.15, 0.2) is 118 Å². The molecule has 10 rings (SSSR count). The van der Waals surface area contributed by atoms with Crippen LogP contribution in [0, 0.1) is 77.7 Å². The third kappa shape index (κ3) is 15.7. The van der Waals surface area contributed by atoms with Crippen LogP contribution in [0.4, 0.5) is 30.6 Å². The van der Waals surface area contributed by atoms with Crippen LogP contribution >= 0.6 is 0 Å². The molecule has 20 N–H and O–H groups in total. The highest BCUT2D eigenvalue weighted by molar-refractivity contribution is 5.27. The number of terminal acetylenes is 3. The number of halogens is 3. The van der Waals surface area contributed by atoms with E-state index in [-0.39, 0.29) is 17.5 Å². The number of aromatic nitrogens is 10. The number of nitrogens with two attached hydrogens (primary N) is 3. The minimum atomic E-state index is -3.03. The van der Waals surface area contributed by atoms with Gasteiger partial charge < -0.3 is 92.0 Å². The summed E-state index contributed by atoms with van der Waals surface area (Å²) in [6, 6.07) is 6.26. The first-order valence-electron chi connectivity index (χ1n) is 29.9. The van der Waals surface area contributed by atoms with Crippen molar-refractivity contribution < 1.29 is 87.9 Å². The summed E-state index contributed by atoms with van der Waals surface area (Å²) in [6.07, 6.45) is 8.19. The quantitative estimate of drug-likeness (QED) is 0.0189. The molecule has 0 aromatic carbocycles. The number of nitrogen functional groups attached to an aromatic ring is 3. The Morgan fingerprint density at radius 1 is 0.578 bits per heavy atom. The highest BCUT2D eigenvalue weighted by Crippen LogP contribution is 2.47. The van der Waals surface area contributed by atoms with Gasteiger partial charge in [-0.05, 0) is 24.6 Å². The highest BCUT2D eigenvalue weighted by Gasteiger charge is 2.62. The van der Waals surface area contributed by atoms with Crippen molar-refractivity contribution in [3.05, 3.63) is 147 Å². The number of nitrogens with one attached hydrogen (secondary N) is 4. The minimum Gasteiger partial charge on any atom is -0.392 e. The van der Waals surface area contributed by atoms with E-state index in [1.807, 2.05) is 5.92 Å². The van der Waals surface area contributed by atoms with Crippen molar-refractivity contribution in [1.29, 1.82) is 11.1 Å². The maximum atomic E-state index is 13.2. The third-order valence-corrected chi connectivity index (χ3v) is 17.0. The highest BCUT2D eigenvalue weighted by atomic mass is 19.3. The number of ether oxygens (including phenoxy) is 5. The predicted octanol–water partition coefficient (Wildman–Crippen LogP) is -6.50. The normalized spacial score (nSPS) is 32.5. The number of hydrogen-bond acceptors (Lipinski definition) is 32. The van der Waals surface area contributed by atoms with E-state index in [9.17, 15) is 97.8 Å². The van der Waals surface area contributed by atoms with Crippen molar-refractivity contribution in [2.75, 3.05) is 56.9 Å². The number of aromatic amines is 2. The van der Waals surface area contributed by atoms with E-state index in [1.165, 1.54) is 53.6 Å². The van der Waals surface area contributed by atoms with Gasteiger partial charge in [0.2, 0.25) is 16.2 Å². The van der Waals surface area contributed by atoms with Gasteiger partial charge in [0.05, 0.1) is 44.2 Å². The summed E-state index contributed by atoms with van der Waals surface area (Å²) in [6.45, 7) is 2.47. The van der Waals surface area contributed by atoms with Gasteiger partial charge in [0.15, 0.2) is 39.5 Å². The van der Waals surface area contributed by atoms with Gasteiger partial charge >= 0.3 is 28.4 Å². The van der Waals surface area contributed by atoms with E-state index in [4.69, 9.17) is 71.2 Å². The second-order valence-electron chi connectivity index (χ2n) is 22.9. The minimum absolute atomic E-state index is 0.00645. The van der Waals surface area contributed by atoms with Gasteiger partial charge in [-0.3, -0.25) is 46.8 Å². The second kappa shape index (κ2) is 33.4. The summed E-state index contributed by atoms with van der Waals surface area (Å²) >= 11 is 0. The van der Waals surface area contributed by atoms with Gasteiger partial charge in [0, 0.05) is 55.0 Å². The summed E-state index contributed by atoms with van der Waals surface area (Å²) in [5, 5.41) is 104. The Hall–Kier alpha value is -10.4. The van der Waals surface area contributed by atoms with Crippen LogP contribution in [0.1, 0.15) is 51.4 Å². The molecule has 102 heavy (non-hydrogen) atoms. The Morgan fingerprint density at radius 3 is 1.32 bits per heavy atom. The van der Waals surface area contributed by atoms with Crippen molar-refractivity contribution in [3.8, 4) is 37.0 Å². The summed E-state index contributed by atoms with van der Waals surface area (Å²) in [5.74, 6) is 1.63. The van der Waals surface area contributed by atoms with Gasteiger partial charge in [-0.2, -0.15) is 15.0 Å². The van der Waals surface area contributed by atoms with E-state index in [2.05, 4.69) is 63.4 Å². The molecular weight excluding hydrogens is 1370 g/mol. The van der Waals surface area contributed by atoms with E-state index >= 15 is 0 Å². The summed E-state index contributed by atoms with van der Waals surface area (Å²) in [5.41, 5.74) is 15.9. The zero-order chi connectivity index (χ0) is 76.1. The fourth-order valence-corrected chi connectivity index (χ4v) is 11.4. The lowest BCUT2D eigenvalue weighted by atomic mass is 9.91. The molecule has 5 fully saturated rings. The fourth-order valence-electron chi connectivity index (χ4n) is 11.4. The number of hydrogen-bond donors (Lipinski definition) is 17. The molecule has 0 saturated carbocycles. The Morgan fingerprint density at radius 2 is 0.951 bits per heavy atom. The van der Waals surface area contributed by atoms with Crippen LogP contribution in [-0.2, 0) is 23.7 Å². The van der Waals surface area contributed by atoms with Crippen molar-refractivity contribution >= 4 is 17.5 Å². The molecule has 5 aliphatic heterocycles. The number of alkyl halides is 3. The van der Waals surface area contributed by atoms with E-state index in [0.29, 0.717) is 6.42 Å². The summed E-state index contributed by atoms with van der Waals surface area (Å²) < 4.78 is 71.7. The molecule has 0 radical (unpaired) electrons. The van der Waals surface area contributed by atoms with Gasteiger partial charge in [-0.1, -0.05) is 37.7 Å². The zero-order valence-electron chi connectivity index (χ0n) is 53.6. The second-order valence-corrected chi connectivity index (χ2v) is 22.9. The Labute approximate surface area is 570 Å². The predicted molar refractivity (Wildman–Crippen MR) is 338 cm³/mol. The first kappa shape index (κ1) is 80.6. The zero-order valence-corrected chi connectivity index (χ0v) is 53.6. The molecule has 550 valence electrons. The lowest BCUT2D eigenvalue weighted by Gasteiger charge is -2.24. The molecule has 5 saturated heterocycles. The number of rotatable bonds is 16. The smallest absolute Gasteiger partial charge is 0.351 e. The monoisotopic (exact) mass is 1440 g/mol. The number of H-pyrrole nitrogens is 2. The van der Waals surface area contributed by atoms with Crippen LogP contribution in [0.2, 0.25) is 0 Å². The molecule has 0 unspecified atom stereocenters. The molecule has 0 aliphatic carbocycles. The largest absolute Gasteiger partial charge is 0.392 e. The van der Waals surface area contributed by atoms with E-state index < -0.39 is 205 Å². The van der Waals surface area contributed by atoms with Crippen molar-refractivity contribution in [2.24, 2.45) is 39.8 Å². The molecule has 0 bridgehead atoms. The molecule has 5 aromatic heterocycles. The lowest BCUT2D eigenvalue weighted by Crippen LogP contribution is -2.44. The van der Waals surface area contributed by atoms with Crippen LogP contribution in [0.5, 0.6) is 0 Å². The van der Waals surface area contributed by atoms with Crippen LogP contribution in [-0.4, -0.2) is 204 Å². The van der Waals surface area contributed by atoms with E-state index in [0.717, 1.165) is 36.6 Å². The number of aliphatic hydroxyl groups is 10.